The molecule has 40 heavy (non-hydrogen) atoms. The summed E-state index contributed by atoms with van der Waals surface area (Å²) in [6, 6.07) is 0. The molecule has 0 aliphatic rings. The molecule has 0 saturated heterocycles. The van der Waals surface area contributed by atoms with Crippen molar-refractivity contribution in [2.75, 3.05) is 0 Å². The van der Waals surface area contributed by atoms with Gasteiger partial charge in [-0.25, -0.2) is 0 Å². The van der Waals surface area contributed by atoms with Crippen molar-refractivity contribution >= 4 is 0 Å². The van der Waals surface area contributed by atoms with Crippen molar-refractivity contribution in [3.05, 3.63) is 0 Å². The summed E-state index contributed by atoms with van der Waals surface area (Å²) < 4.78 is 0. The van der Waals surface area contributed by atoms with Crippen molar-refractivity contribution in [3.63, 3.8) is 0 Å². The number of hydrogen-bond donors (Lipinski definition) is 0. The molecule has 0 spiro atoms. The molecule has 0 aliphatic heterocycles. The Morgan fingerprint density at radius 1 is 0.125 bits per heavy atom. The third-order valence-electron chi connectivity index (χ3n) is 7.83. The van der Waals surface area contributed by atoms with Gasteiger partial charge in [-0.2, -0.15) is 0 Å². The van der Waals surface area contributed by atoms with Gasteiger partial charge >= 0.3 is 0 Å². The fourth-order valence-corrected chi connectivity index (χ4v) is 4.83. The van der Waals surface area contributed by atoms with E-state index in [2.05, 4.69) is 55.4 Å². The highest BCUT2D eigenvalue weighted by molar-refractivity contribution is 4.45. The summed E-state index contributed by atoms with van der Waals surface area (Å²) in [5.74, 6) is 0. The summed E-state index contributed by atoms with van der Waals surface area (Å²) in [6.45, 7) is 18.2. The minimum absolute atomic E-state index is 1.37. The van der Waals surface area contributed by atoms with E-state index in [4.69, 9.17) is 0 Å². The molecule has 0 aromatic rings. The van der Waals surface area contributed by atoms with Crippen LogP contribution in [0, 0.1) is 0 Å². The molecule has 0 amide bonds. The topological polar surface area (TPSA) is 0 Å². The van der Waals surface area contributed by atoms with Gasteiger partial charge in [0.05, 0.1) is 0 Å². The molecule has 0 atom stereocenters. The number of unbranched alkanes of at least 4 members (excludes halogenated alkanes) is 28. The highest BCUT2D eigenvalue weighted by atomic mass is 14.0. The molecular formula is C40H88. The smallest absolute Gasteiger partial charge is 0.0533 e. The quantitative estimate of drug-likeness (QED) is 0.0823. The first-order valence-corrected chi connectivity index (χ1v) is 19.7. The van der Waals surface area contributed by atoms with Crippen molar-refractivity contribution in [2.24, 2.45) is 0 Å². The molecule has 0 saturated carbocycles. The highest BCUT2D eigenvalue weighted by Crippen LogP contribution is 2.10. The first-order chi connectivity index (χ1) is 19.7. The van der Waals surface area contributed by atoms with Gasteiger partial charge in [0, 0.05) is 0 Å². The van der Waals surface area contributed by atoms with Gasteiger partial charge in [-0.1, -0.05) is 261 Å². The minimum atomic E-state index is 1.37. The van der Waals surface area contributed by atoms with E-state index in [1.165, 1.54) is 205 Å². The molecule has 0 heteroatoms. The van der Waals surface area contributed by atoms with Gasteiger partial charge in [-0.05, 0) is 0 Å². The number of hydrogen-bond acceptors (Lipinski definition) is 0. The Morgan fingerprint density at radius 2 is 0.200 bits per heavy atom. The molecule has 0 N–H and O–H groups in total. The zero-order valence-electron chi connectivity index (χ0n) is 30.6. The van der Waals surface area contributed by atoms with Gasteiger partial charge in [0.2, 0.25) is 0 Å². The molecule has 0 rings (SSSR count). The van der Waals surface area contributed by atoms with Crippen molar-refractivity contribution in [2.45, 2.75) is 261 Å². The molecule has 0 aromatic heterocycles. The highest BCUT2D eigenvalue weighted by Gasteiger charge is 1.90. The monoisotopic (exact) mass is 569 g/mol. The zero-order valence-corrected chi connectivity index (χ0v) is 30.6. The standard InChI is InChI=1S/4C10H22/c4*1-3-5-7-9-10-8-6-4-2/h4*3-10H2,1-2H3. The van der Waals surface area contributed by atoms with E-state index >= 15 is 0 Å². The SMILES string of the molecule is CCCCCCCCCC.CCCCCCCCCC.CCCCCCCCCC.CCCCCCCCCC. The lowest BCUT2D eigenvalue weighted by Gasteiger charge is -1.97. The van der Waals surface area contributed by atoms with E-state index in [0.29, 0.717) is 0 Å². The molecule has 0 aromatic carbocycles. The van der Waals surface area contributed by atoms with Crippen molar-refractivity contribution in [1.82, 2.24) is 0 Å². The largest absolute Gasteiger partial charge is 0.0654 e. The van der Waals surface area contributed by atoms with Gasteiger partial charge in [0.25, 0.3) is 0 Å². The number of rotatable bonds is 28. The Kier molecular flexibility index (Phi) is 64.5. The zero-order chi connectivity index (χ0) is 30.6. The van der Waals surface area contributed by atoms with Crippen molar-refractivity contribution in [1.29, 1.82) is 0 Å². The summed E-state index contributed by atoms with van der Waals surface area (Å²) in [4.78, 5) is 0. The fourth-order valence-electron chi connectivity index (χ4n) is 4.83. The lowest BCUT2D eigenvalue weighted by atomic mass is 10.1. The predicted octanol–water partition coefficient (Wildman–Crippen LogP) is 16.6. The van der Waals surface area contributed by atoms with Crippen LogP contribution in [0.4, 0.5) is 0 Å². The van der Waals surface area contributed by atoms with Crippen LogP contribution in [0.3, 0.4) is 0 Å². The van der Waals surface area contributed by atoms with E-state index in [9.17, 15) is 0 Å². The van der Waals surface area contributed by atoms with Crippen LogP contribution in [-0.4, -0.2) is 0 Å². The molecule has 0 unspecified atom stereocenters. The molecule has 248 valence electrons. The van der Waals surface area contributed by atoms with Crippen LogP contribution in [0.2, 0.25) is 0 Å². The van der Waals surface area contributed by atoms with Gasteiger partial charge in [0.1, 0.15) is 0 Å². The van der Waals surface area contributed by atoms with Crippen LogP contribution in [0.25, 0.3) is 0 Å². The third-order valence-corrected chi connectivity index (χ3v) is 7.83. The lowest BCUT2D eigenvalue weighted by molar-refractivity contribution is 0.585. The summed E-state index contributed by atoms with van der Waals surface area (Å²) in [7, 11) is 0. The minimum Gasteiger partial charge on any atom is -0.0654 e. The first-order valence-electron chi connectivity index (χ1n) is 19.7. The van der Waals surface area contributed by atoms with Gasteiger partial charge in [-0.15, -0.1) is 0 Å². The second kappa shape index (κ2) is 55.0. The second-order valence-corrected chi connectivity index (χ2v) is 12.5. The maximum atomic E-state index is 2.27. The third kappa shape index (κ3) is 66.4. The molecule has 0 nitrogen and oxygen atoms in total. The molecule has 0 aliphatic carbocycles. The first kappa shape index (κ1) is 46.9. The van der Waals surface area contributed by atoms with Crippen LogP contribution in [0.5, 0.6) is 0 Å². The summed E-state index contributed by atoms with van der Waals surface area (Å²) in [5.41, 5.74) is 0. The summed E-state index contributed by atoms with van der Waals surface area (Å²) in [5, 5.41) is 0. The summed E-state index contributed by atoms with van der Waals surface area (Å²) in [6.07, 6.45) is 45.8. The summed E-state index contributed by atoms with van der Waals surface area (Å²) >= 11 is 0. The van der Waals surface area contributed by atoms with Crippen LogP contribution in [0.15, 0.2) is 0 Å². The molecule has 0 fully saturated rings. The van der Waals surface area contributed by atoms with E-state index in [1.54, 1.807) is 0 Å². The maximum Gasteiger partial charge on any atom is -0.0533 e. The molecule has 0 radical (unpaired) electrons. The van der Waals surface area contributed by atoms with Gasteiger partial charge < -0.3 is 0 Å². The average Bonchev–Trinajstić information content (AvgIpc) is 2.97. The van der Waals surface area contributed by atoms with Crippen molar-refractivity contribution < 1.29 is 0 Å². The predicted molar refractivity (Wildman–Crippen MR) is 193 cm³/mol. The maximum absolute atomic E-state index is 2.27. The van der Waals surface area contributed by atoms with Crippen LogP contribution >= 0.6 is 0 Å². The van der Waals surface area contributed by atoms with E-state index in [1.807, 2.05) is 0 Å². The Labute approximate surface area is 260 Å². The van der Waals surface area contributed by atoms with Crippen LogP contribution < -0.4 is 0 Å². The van der Waals surface area contributed by atoms with Gasteiger partial charge in [0.15, 0.2) is 0 Å². The van der Waals surface area contributed by atoms with Crippen LogP contribution in [0.1, 0.15) is 261 Å². The molecule has 0 bridgehead atoms. The van der Waals surface area contributed by atoms with Crippen molar-refractivity contribution in [3.8, 4) is 0 Å². The van der Waals surface area contributed by atoms with E-state index in [-0.39, 0.29) is 0 Å². The molecule has 0 heterocycles. The Morgan fingerprint density at radius 3 is 0.275 bits per heavy atom. The normalized spacial score (nSPS) is 10.2. The van der Waals surface area contributed by atoms with Gasteiger partial charge in [-0.3, -0.25) is 0 Å². The lowest BCUT2D eigenvalue weighted by Crippen LogP contribution is -1.77. The van der Waals surface area contributed by atoms with E-state index < -0.39 is 0 Å². The van der Waals surface area contributed by atoms with E-state index in [0.717, 1.165) is 0 Å². The Hall–Kier alpha value is 0. The Bertz CT molecular complexity index is 224. The van der Waals surface area contributed by atoms with Crippen LogP contribution in [-0.2, 0) is 0 Å². The molecular weight excluding hydrogens is 480 g/mol. The average molecular weight is 569 g/mol. The fraction of sp³-hybridized carbons (Fsp3) is 1.00. The second-order valence-electron chi connectivity index (χ2n) is 12.5. The Balaban J connectivity index is -0.000000216.